The van der Waals surface area contributed by atoms with E-state index in [0.717, 1.165) is 6.08 Å². The van der Waals surface area contributed by atoms with E-state index in [0.29, 0.717) is 5.56 Å². The maximum atomic E-state index is 12.1. The number of nitrogens with one attached hydrogen (secondary N) is 1. The monoisotopic (exact) mass is 350 g/mol. The van der Waals surface area contributed by atoms with Gasteiger partial charge in [0.2, 0.25) is 5.91 Å². The lowest BCUT2D eigenvalue weighted by Gasteiger charge is -2.14. The van der Waals surface area contributed by atoms with E-state index in [2.05, 4.69) is 14.8 Å². The number of amides is 1. The highest BCUT2D eigenvalue weighted by Crippen LogP contribution is 2.13. The summed E-state index contributed by atoms with van der Waals surface area (Å²) in [4.78, 5) is 45.0. The average molecular weight is 350 g/mol. The van der Waals surface area contributed by atoms with Crippen molar-refractivity contribution in [3.63, 3.8) is 0 Å². The summed E-state index contributed by atoms with van der Waals surface area (Å²) in [6.07, 6.45) is 2.39. The molecule has 0 heterocycles. The molecule has 9 nitrogen and oxygen atoms in total. The number of esters is 2. The van der Waals surface area contributed by atoms with E-state index in [9.17, 15) is 24.5 Å². The molecule has 0 bridgehead atoms. The summed E-state index contributed by atoms with van der Waals surface area (Å²) in [7, 11) is 2.39. The second-order valence-corrected chi connectivity index (χ2v) is 4.91. The number of carbonyl (C=O) groups is 3. The highest BCUT2D eigenvalue weighted by Gasteiger charge is 2.20. The lowest BCUT2D eigenvalue weighted by Crippen LogP contribution is -2.41. The standard InChI is InChI=1S/C16H18N2O7/c1-24-15(20)8-4-7-13(16(21)25-2)17-14(19)10-11-5-3-6-12(9-11)18(22)23/h3-6,8-9,13H,7,10H2,1-2H3,(H,17,19)/b8-4+/t13-/m1/s1. The summed E-state index contributed by atoms with van der Waals surface area (Å²) in [6.45, 7) is 0. The topological polar surface area (TPSA) is 125 Å². The Labute approximate surface area is 143 Å². The van der Waals surface area contributed by atoms with Gasteiger partial charge in [-0.25, -0.2) is 9.59 Å². The van der Waals surface area contributed by atoms with Gasteiger partial charge in [-0.1, -0.05) is 18.2 Å². The third-order valence-electron chi connectivity index (χ3n) is 3.13. The van der Waals surface area contributed by atoms with Crippen LogP contribution in [0.25, 0.3) is 0 Å². The first-order valence-electron chi connectivity index (χ1n) is 7.22. The summed E-state index contributed by atoms with van der Waals surface area (Å²) in [5, 5.41) is 13.2. The van der Waals surface area contributed by atoms with Gasteiger partial charge in [0.25, 0.3) is 5.69 Å². The molecule has 1 atom stereocenters. The number of rotatable bonds is 8. The smallest absolute Gasteiger partial charge is 0.330 e. The van der Waals surface area contributed by atoms with E-state index in [-0.39, 0.29) is 18.5 Å². The first-order valence-corrected chi connectivity index (χ1v) is 7.22. The van der Waals surface area contributed by atoms with Crippen LogP contribution < -0.4 is 5.32 Å². The molecule has 0 aromatic heterocycles. The van der Waals surface area contributed by atoms with Gasteiger partial charge in [0.15, 0.2) is 0 Å². The highest BCUT2D eigenvalue weighted by molar-refractivity contribution is 5.86. The van der Waals surface area contributed by atoms with Gasteiger partial charge in [-0.05, 0) is 12.0 Å². The minimum atomic E-state index is -0.989. The zero-order valence-corrected chi connectivity index (χ0v) is 13.8. The van der Waals surface area contributed by atoms with E-state index < -0.39 is 28.8 Å². The van der Waals surface area contributed by atoms with Crippen molar-refractivity contribution in [1.82, 2.24) is 5.32 Å². The Hall–Kier alpha value is -3.23. The van der Waals surface area contributed by atoms with Crippen LogP contribution in [-0.2, 0) is 30.3 Å². The van der Waals surface area contributed by atoms with Crippen LogP contribution in [0.15, 0.2) is 36.4 Å². The van der Waals surface area contributed by atoms with E-state index in [1.54, 1.807) is 6.07 Å². The van der Waals surface area contributed by atoms with Crippen molar-refractivity contribution in [2.75, 3.05) is 14.2 Å². The predicted molar refractivity (Wildman–Crippen MR) is 86.5 cm³/mol. The normalized spacial score (nSPS) is 11.6. The summed E-state index contributed by atoms with van der Waals surface area (Å²) < 4.78 is 9.03. The van der Waals surface area contributed by atoms with Gasteiger partial charge >= 0.3 is 11.9 Å². The lowest BCUT2D eigenvalue weighted by molar-refractivity contribution is -0.384. The molecule has 9 heteroatoms. The average Bonchev–Trinajstić information content (AvgIpc) is 2.60. The summed E-state index contributed by atoms with van der Waals surface area (Å²) in [5.41, 5.74) is 0.302. The molecule has 1 aromatic rings. The quantitative estimate of drug-likeness (QED) is 0.320. The van der Waals surface area contributed by atoms with Crippen molar-refractivity contribution >= 4 is 23.5 Å². The predicted octanol–water partition coefficient (Wildman–Crippen LogP) is 0.914. The van der Waals surface area contributed by atoms with Crippen molar-refractivity contribution in [1.29, 1.82) is 0 Å². The molecular formula is C16H18N2O7. The van der Waals surface area contributed by atoms with Crippen LogP contribution in [0.1, 0.15) is 12.0 Å². The molecule has 0 aliphatic carbocycles. The molecular weight excluding hydrogens is 332 g/mol. The maximum absolute atomic E-state index is 12.1. The Morgan fingerprint density at radius 1 is 1.28 bits per heavy atom. The molecule has 25 heavy (non-hydrogen) atoms. The summed E-state index contributed by atoms with van der Waals surface area (Å²) >= 11 is 0. The molecule has 134 valence electrons. The third-order valence-corrected chi connectivity index (χ3v) is 3.13. The molecule has 0 saturated heterocycles. The zero-order valence-electron chi connectivity index (χ0n) is 13.8. The number of benzene rings is 1. The van der Waals surface area contributed by atoms with Gasteiger partial charge in [-0.2, -0.15) is 0 Å². The van der Waals surface area contributed by atoms with Crippen molar-refractivity contribution in [3.8, 4) is 0 Å². The highest BCUT2D eigenvalue weighted by atomic mass is 16.6. The number of nitrogens with zero attached hydrogens (tertiary/aromatic N) is 1. The Bertz CT molecular complexity index is 685. The van der Waals surface area contributed by atoms with E-state index in [1.807, 2.05) is 0 Å². The minimum Gasteiger partial charge on any atom is -0.467 e. The number of nitro benzene ring substituents is 1. The fourth-order valence-electron chi connectivity index (χ4n) is 1.94. The molecule has 0 fully saturated rings. The van der Waals surface area contributed by atoms with Crippen LogP contribution in [0.4, 0.5) is 5.69 Å². The second-order valence-electron chi connectivity index (χ2n) is 4.91. The molecule has 0 radical (unpaired) electrons. The molecule has 1 amide bonds. The number of methoxy groups -OCH3 is 2. The van der Waals surface area contributed by atoms with Gasteiger partial charge in [-0.3, -0.25) is 14.9 Å². The molecule has 1 N–H and O–H groups in total. The van der Waals surface area contributed by atoms with E-state index in [1.165, 1.54) is 38.5 Å². The summed E-state index contributed by atoms with van der Waals surface area (Å²) in [6, 6.07) is 4.64. The first-order chi connectivity index (χ1) is 11.9. The van der Waals surface area contributed by atoms with Crippen molar-refractivity contribution < 1.29 is 28.8 Å². The number of non-ortho nitro benzene ring substituents is 1. The summed E-state index contributed by atoms with van der Waals surface area (Å²) in [5.74, 6) is -1.78. The van der Waals surface area contributed by atoms with E-state index in [4.69, 9.17) is 0 Å². The Morgan fingerprint density at radius 2 is 2.00 bits per heavy atom. The fraction of sp³-hybridized carbons (Fsp3) is 0.312. The lowest BCUT2D eigenvalue weighted by atomic mass is 10.1. The Kier molecular flexibility index (Phi) is 7.77. The van der Waals surface area contributed by atoms with Crippen molar-refractivity contribution in [2.24, 2.45) is 0 Å². The van der Waals surface area contributed by atoms with Gasteiger partial charge in [0.05, 0.1) is 25.6 Å². The molecule has 0 spiro atoms. The number of hydrogen-bond acceptors (Lipinski definition) is 7. The first kappa shape index (κ1) is 19.8. The largest absolute Gasteiger partial charge is 0.467 e. The SMILES string of the molecule is COC(=O)/C=C/C[C@@H](NC(=O)Cc1cccc([N+](=O)[O-])c1)C(=O)OC. The third kappa shape index (κ3) is 6.81. The minimum absolute atomic E-state index is 0.0302. The molecule has 0 aliphatic rings. The van der Waals surface area contributed by atoms with Gasteiger partial charge in [-0.15, -0.1) is 0 Å². The fourth-order valence-corrected chi connectivity index (χ4v) is 1.94. The van der Waals surface area contributed by atoms with Gasteiger partial charge in [0.1, 0.15) is 6.04 Å². The Morgan fingerprint density at radius 3 is 2.60 bits per heavy atom. The van der Waals surface area contributed by atoms with Crippen LogP contribution in [0.2, 0.25) is 0 Å². The molecule has 0 saturated carbocycles. The molecule has 1 aromatic carbocycles. The second kappa shape index (κ2) is 9.81. The number of hydrogen-bond donors (Lipinski definition) is 1. The van der Waals surface area contributed by atoms with Crippen molar-refractivity contribution in [2.45, 2.75) is 18.9 Å². The number of ether oxygens (including phenoxy) is 2. The van der Waals surface area contributed by atoms with Gasteiger partial charge < -0.3 is 14.8 Å². The molecule has 0 unspecified atom stereocenters. The molecule has 1 rings (SSSR count). The van der Waals surface area contributed by atoms with Crippen molar-refractivity contribution in [3.05, 3.63) is 52.1 Å². The zero-order chi connectivity index (χ0) is 18.8. The van der Waals surface area contributed by atoms with E-state index >= 15 is 0 Å². The number of carbonyl (C=O) groups excluding carboxylic acids is 3. The Balaban J connectivity index is 2.73. The number of nitro groups is 1. The van der Waals surface area contributed by atoms with Crippen LogP contribution in [-0.4, -0.2) is 43.0 Å². The van der Waals surface area contributed by atoms with Gasteiger partial charge in [0, 0.05) is 18.2 Å². The molecule has 0 aliphatic heterocycles. The van der Waals surface area contributed by atoms with Crippen LogP contribution >= 0.6 is 0 Å². The maximum Gasteiger partial charge on any atom is 0.330 e. The van der Waals surface area contributed by atoms with Crippen LogP contribution in [0.5, 0.6) is 0 Å². The van der Waals surface area contributed by atoms with Crippen LogP contribution in [0.3, 0.4) is 0 Å². The van der Waals surface area contributed by atoms with Crippen LogP contribution in [0, 0.1) is 10.1 Å².